The first kappa shape index (κ1) is 49.1. The number of benzene rings is 12. The van der Waals surface area contributed by atoms with Crippen LogP contribution in [-0.2, 0) is 17.3 Å². The molecule has 0 atom stereocenters. The zero-order chi connectivity index (χ0) is 54.9. The molecule has 3 heteroatoms. The Kier molecular flexibility index (Phi) is 11.8. The van der Waals surface area contributed by atoms with E-state index in [1.807, 2.05) is 0 Å². The fourth-order valence-corrected chi connectivity index (χ4v) is 14.1. The van der Waals surface area contributed by atoms with E-state index >= 15 is 0 Å². The molecular weight excluding hydrogens is 993 g/mol. The number of rotatable bonds is 11. The van der Waals surface area contributed by atoms with Crippen LogP contribution in [0.3, 0.4) is 0 Å². The van der Waals surface area contributed by atoms with Gasteiger partial charge >= 0.3 is 0 Å². The van der Waals surface area contributed by atoms with Crippen LogP contribution in [0, 0.1) is 6.92 Å². The predicted octanol–water partition coefficient (Wildman–Crippen LogP) is 20.8. The molecular formula is C79H60N2O. The minimum absolute atomic E-state index is 0.218. The van der Waals surface area contributed by atoms with Crippen molar-refractivity contribution in [1.82, 2.24) is 0 Å². The van der Waals surface area contributed by atoms with Crippen LogP contribution >= 0.6 is 0 Å². The highest BCUT2D eigenvalue weighted by molar-refractivity contribution is 6.00. The molecule has 0 amide bonds. The average Bonchev–Trinajstić information content (AvgIpc) is 2.26. The Morgan fingerprint density at radius 3 is 1.52 bits per heavy atom. The van der Waals surface area contributed by atoms with Gasteiger partial charge in [0, 0.05) is 34.1 Å². The third-order valence-corrected chi connectivity index (χ3v) is 17.8. The van der Waals surface area contributed by atoms with Gasteiger partial charge in [-0.15, -0.1) is 0 Å². The highest BCUT2D eigenvalue weighted by atomic mass is 16.5. The molecule has 12 aromatic carbocycles. The van der Waals surface area contributed by atoms with Crippen molar-refractivity contribution in [2.24, 2.45) is 0 Å². The fourth-order valence-electron chi connectivity index (χ4n) is 14.1. The number of fused-ring (bicyclic) bond motifs is 9. The van der Waals surface area contributed by atoms with Crippen molar-refractivity contribution >= 4 is 34.1 Å². The van der Waals surface area contributed by atoms with Crippen molar-refractivity contribution < 1.29 is 4.74 Å². The predicted molar refractivity (Wildman–Crippen MR) is 339 cm³/mol. The van der Waals surface area contributed by atoms with E-state index < -0.39 is 10.8 Å². The van der Waals surface area contributed by atoms with E-state index in [2.05, 4.69) is 322 Å². The monoisotopic (exact) mass is 1050 g/mol. The SMILES string of the molecule is Cc1cc(-c2ccccc2)ccc1N1c2cc3c(cc2Oc2ccc4c(c21)C(C)(C)c1cc(CC(c2ccccc2)c2ccccc2)ccc1-4)C(c1ccccc1)(c1ccccc1)c1cc(N(c2ccccc2)c2ccccc2)ccc1-3. The molecule has 392 valence electrons. The van der Waals surface area contributed by atoms with Gasteiger partial charge in [-0.2, -0.15) is 0 Å². The third kappa shape index (κ3) is 7.86. The molecule has 0 spiro atoms. The number of aryl methyl sites for hydroxylation is 1. The molecule has 82 heavy (non-hydrogen) atoms. The first-order chi connectivity index (χ1) is 40.3. The summed E-state index contributed by atoms with van der Waals surface area (Å²) < 4.78 is 7.57. The summed E-state index contributed by atoms with van der Waals surface area (Å²) >= 11 is 0. The van der Waals surface area contributed by atoms with Crippen molar-refractivity contribution in [3.05, 3.63) is 347 Å². The maximum atomic E-state index is 7.57. The highest BCUT2D eigenvalue weighted by Crippen LogP contribution is 2.65. The zero-order valence-corrected chi connectivity index (χ0v) is 46.3. The van der Waals surface area contributed by atoms with E-state index in [4.69, 9.17) is 4.74 Å². The smallest absolute Gasteiger partial charge is 0.151 e. The van der Waals surface area contributed by atoms with Gasteiger partial charge in [0.05, 0.1) is 16.8 Å². The Labute approximate surface area is 481 Å². The minimum Gasteiger partial charge on any atom is -0.453 e. The van der Waals surface area contributed by atoms with Crippen LogP contribution in [0.4, 0.5) is 34.1 Å². The molecule has 3 nitrogen and oxygen atoms in total. The second kappa shape index (κ2) is 19.7. The van der Waals surface area contributed by atoms with Gasteiger partial charge in [-0.25, -0.2) is 0 Å². The summed E-state index contributed by atoms with van der Waals surface area (Å²) in [6.07, 6.45) is 0.888. The van der Waals surface area contributed by atoms with Gasteiger partial charge < -0.3 is 14.5 Å². The summed E-state index contributed by atoms with van der Waals surface area (Å²) in [5, 5.41) is 0. The summed E-state index contributed by atoms with van der Waals surface area (Å²) in [4.78, 5) is 4.94. The van der Waals surface area contributed by atoms with Gasteiger partial charge in [-0.05, 0) is 169 Å². The lowest BCUT2D eigenvalue weighted by Crippen LogP contribution is -2.29. The van der Waals surface area contributed by atoms with Crippen LogP contribution in [0.2, 0.25) is 0 Å². The normalized spacial score (nSPS) is 13.7. The van der Waals surface area contributed by atoms with Crippen molar-refractivity contribution in [3.8, 4) is 44.9 Å². The van der Waals surface area contributed by atoms with E-state index in [1.54, 1.807) is 0 Å². The van der Waals surface area contributed by atoms with Crippen molar-refractivity contribution in [3.63, 3.8) is 0 Å². The summed E-state index contributed by atoms with van der Waals surface area (Å²) in [5.41, 5.74) is 25.2. The van der Waals surface area contributed by atoms with Crippen molar-refractivity contribution in [2.45, 2.75) is 43.9 Å². The van der Waals surface area contributed by atoms with Gasteiger partial charge in [0.1, 0.15) is 0 Å². The van der Waals surface area contributed by atoms with Crippen molar-refractivity contribution in [1.29, 1.82) is 0 Å². The van der Waals surface area contributed by atoms with Crippen LogP contribution in [0.25, 0.3) is 33.4 Å². The Hall–Kier alpha value is -9.96. The molecule has 0 unspecified atom stereocenters. The van der Waals surface area contributed by atoms with Gasteiger partial charge in [-0.1, -0.05) is 238 Å². The van der Waals surface area contributed by atoms with Crippen LogP contribution in [0.5, 0.6) is 11.5 Å². The van der Waals surface area contributed by atoms with E-state index in [0.717, 1.165) is 52.0 Å². The highest BCUT2D eigenvalue weighted by Gasteiger charge is 2.49. The molecule has 1 heterocycles. The summed E-state index contributed by atoms with van der Waals surface area (Å²) in [5.74, 6) is 1.88. The molecule has 0 N–H and O–H groups in total. The lowest BCUT2D eigenvalue weighted by Gasteiger charge is -2.39. The fraction of sp³-hybridized carbons (Fsp3) is 0.0886. The number of hydrogen-bond donors (Lipinski definition) is 0. The second-order valence-electron chi connectivity index (χ2n) is 22.8. The molecule has 2 aliphatic carbocycles. The molecule has 0 fully saturated rings. The minimum atomic E-state index is -0.710. The quantitative estimate of drug-likeness (QED) is 0.128. The average molecular weight is 1050 g/mol. The summed E-state index contributed by atoms with van der Waals surface area (Å²) in [7, 11) is 0. The lowest BCUT2D eigenvalue weighted by atomic mass is 9.67. The zero-order valence-electron chi connectivity index (χ0n) is 46.3. The van der Waals surface area contributed by atoms with Crippen molar-refractivity contribution in [2.75, 3.05) is 9.80 Å². The van der Waals surface area contributed by atoms with Gasteiger partial charge in [0.15, 0.2) is 11.5 Å². The van der Waals surface area contributed by atoms with Crippen LogP contribution in [0.15, 0.2) is 291 Å². The molecule has 0 aromatic heterocycles. The largest absolute Gasteiger partial charge is 0.453 e. The third-order valence-electron chi connectivity index (χ3n) is 17.8. The number of hydrogen-bond acceptors (Lipinski definition) is 3. The summed E-state index contributed by atoms with van der Waals surface area (Å²) in [6, 6.07) is 107. The van der Waals surface area contributed by atoms with Crippen LogP contribution in [-0.4, -0.2) is 0 Å². The first-order valence-electron chi connectivity index (χ1n) is 28.7. The molecule has 1 aliphatic heterocycles. The molecule has 0 saturated heterocycles. The van der Waals surface area contributed by atoms with E-state index in [0.29, 0.717) is 0 Å². The molecule has 3 aliphatic rings. The van der Waals surface area contributed by atoms with Crippen LogP contribution < -0.4 is 14.5 Å². The Morgan fingerprint density at radius 1 is 0.402 bits per heavy atom. The Balaban J connectivity index is 0.945. The first-order valence-corrected chi connectivity index (χ1v) is 28.7. The standard InChI is InChI=1S/C79H60N2O/c1-53-47-58(55-25-11-4-12-26-55)40-45-72(53)81-73-51-68-65-43-41-63(80(61-35-21-9-22-36-61)62-37-23-10-24-38-62)50-70(65)79(59-31-17-7-18-32-59,60-33-19-8-20-34-60)71(68)52-75(73)82-74-46-44-66-64-42-39-54(49-69(64)78(2,3)76(66)77(74)81)48-67(56-27-13-5-14-28-56)57-29-15-6-16-30-57/h4-47,49-52,67H,48H2,1-3H3. The summed E-state index contributed by atoms with van der Waals surface area (Å²) in [6.45, 7) is 7.12. The number of anilines is 6. The van der Waals surface area contributed by atoms with Gasteiger partial charge in [-0.3, -0.25) is 0 Å². The maximum Gasteiger partial charge on any atom is 0.151 e. The van der Waals surface area contributed by atoms with Gasteiger partial charge in [0.2, 0.25) is 0 Å². The molecule has 0 saturated carbocycles. The molecule has 15 rings (SSSR count). The number of ether oxygens (including phenoxy) is 1. The van der Waals surface area contributed by atoms with E-state index in [9.17, 15) is 0 Å². The molecule has 0 radical (unpaired) electrons. The lowest BCUT2D eigenvalue weighted by molar-refractivity contribution is 0.473. The van der Waals surface area contributed by atoms with Gasteiger partial charge in [0.25, 0.3) is 0 Å². The number of para-hydroxylation sites is 2. The topological polar surface area (TPSA) is 15.7 Å². The van der Waals surface area contributed by atoms with E-state index in [-0.39, 0.29) is 5.92 Å². The second-order valence-corrected chi connectivity index (χ2v) is 22.8. The molecule has 0 bridgehead atoms. The Morgan fingerprint density at radius 2 is 0.927 bits per heavy atom. The number of nitrogens with zero attached hydrogens (tertiary/aromatic N) is 2. The van der Waals surface area contributed by atoms with Crippen LogP contribution in [0.1, 0.15) is 75.4 Å². The van der Waals surface area contributed by atoms with E-state index in [1.165, 1.54) is 89.0 Å². The maximum absolute atomic E-state index is 7.57. The molecule has 12 aromatic rings. The Bertz CT molecular complexity index is 4230.